The first-order valence-corrected chi connectivity index (χ1v) is 8.91. The molecule has 2 aromatic rings. The Morgan fingerprint density at radius 3 is 2.37 bits per heavy atom. The number of amides is 2. The van der Waals surface area contributed by atoms with Gasteiger partial charge in [0.2, 0.25) is 5.91 Å². The Kier molecular flexibility index (Phi) is 6.93. The van der Waals surface area contributed by atoms with E-state index in [0.717, 1.165) is 5.69 Å². The molecular formula is C21H26FN3O2. The van der Waals surface area contributed by atoms with Gasteiger partial charge in [-0.05, 0) is 36.2 Å². The predicted molar refractivity (Wildman–Crippen MR) is 107 cm³/mol. The van der Waals surface area contributed by atoms with Crippen LogP contribution in [0.5, 0.6) is 0 Å². The van der Waals surface area contributed by atoms with E-state index >= 15 is 0 Å². The Labute approximate surface area is 159 Å². The molecule has 0 radical (unpaired) electrons. The highest BCUT2D eigenvalue weighted by Gasteiger charge is 2.22. The highest BCUT2D eigenvalue weighted by atomic mass is 19.1. The summed E-state index contributed by atoms with van der Waals surface area (Å²) in [7, 11) is 3.39. The van der Waals surface area contributed by atoms with Crippen molar-refractivity contribution in [3.8, 4) is 0 Å². The number of benzene rings is 2. The first-order valence-electron chi connectivity index (χ1n) is 8.91. The molecule has 0 aliphatic rings. The molecule has 0 saturated heterocycles. The van der Waals surface area contributed by atoms with Gasteiger partial charge in [-0.15, -0.1) is 0 Å². The first-order chi connectivity index (χ1) is 12.8. The van der Waals surface area contributed by atoms with Gasteiger partial charge in [-0.2, -0.15) is 0 Å². The van der Waals surface area contributed by atoms with Crippen molar-refractivity contribution in [1.29, 1.82) is 0 Å². The topological polar surface area (TPSA) is 52.7 Å². The summed E-state index contributed by atoms with van der Waals surface area (Å²) in [6.45, 7) is 4.66. The van der Waals surface area contributed by atoms with Gasteiger partial charge in [0.1, 0.15) is 5.82 Å². The Morgan fingerprint density at radius 1 is 1.07 bits per heavy atom. The molecule has 0 unspecified atom stereocenters. The van der Waals surface area contributed by atoms with E-state index in [9.17, 15) is 14.0 Å². The van der Waals surface area contributed by atoms with Crippen LogP contribution in [0.3, 0.4) is 0 Å². The zero-order valence-corrected chi connectivity index (χ0v) is 16.2. The summed E-state index contributed by atoms with van der Waals surface area (Å²) in [5, 5.41) is 2.59. The molecule has 0 heterocycles. The zero-order chi connectivity index (χ0) is 20.0. The molecule has 0 saturated carbocycles. The average Bonchev–Trinajstić information content (AvgIpc) is 2.65. The fraction of sp³-hybridized carbons (Fsp3) is 0.333. The summed E-state index contributed by atoms with van der Waals surface area (Å²) < 4.78 is 14.1. The van der Waals surface area contributed by atoms with Crippen LogP contribution in [0.15, 0.2) is 48.5 Å². The molecule has 144 valence electrons. The van der Waals surface area contributed by atoms with E-state index in [2.05, 4.69) is 5.32 Å². The van der Waals surface area contributed by atoms with Gasteiger partial charge in [0.25, 0.3) is 5.91 Å². The summed E-state index contributed by atoms with van der Waals surface area (Å²) in [4.78, 5) is 28.0. The van der Waals surface area contributed by atoms with Crippen molar-refractivity contribution in [2.45, 2.75) is 13.8 Å². The normalized spacial score (nSPS) is 10.6. The summed E-state index contributed by atoms with van der Waals surface area (Å²) in [6.07, 6.45) is 0. The van der Waals surface area contributed by atoms with Crippen molar-refractivity contribution in [2.24, 2.45) is 5.92 Å². The number of nitrogens with one attached hydrogen (secondary N) is 1. The predicted octanol–water partition coefficient (Wildman–Crippen LogP) is 3.31. The van der Waals surface area contributed by atoms with Crippen LogP contribution in [-0.4, -0.2) is 39.0 Å². The summed E-state index contributed by atoms with van der Waals surface area (Å²) >= 11 is 0. The molecule has 27 heavy (non-hydrogen) atoms. The van der Waals surface area contributed by atoms with Crippen LogP contribution in [0.1, 0.15) is 24.2 Å². The Balaban J connectivity index is 2.37. The van der Waals surface area contributed by atoms with Gasteiger partial charge in [0, 0.05) is 32.0 Å². The number of hydrogen-bond acceptors (Lipinski definition) is 3. The summed E-state index contributed by atoms with van der Waals surface area (Å²) in [6, 6.07) is 13.3. The van der Waals surface area contributed by atoms with E-state index in [1.54, 1.807) is 36.0 Å². The van der Waals surface area contributed by atoms with E-state index < -0.39 is 5.82 Å². The number of anilines is 2. The van der Waals surface area contributed by atoms with E-state index in [1.807, 2.05) is 38.1 Å². The molecule has 2 amide bonds. The van der Waals surface area contributed by atoms with E-state index in [1.165, 1.54) is 12.1 Å². The molecule has 0 fully saturated rings. The highest BCUT2D eigenvalue weighted by molar-refractivity contribution is 6.06. The van der Waals surface area contributed by atoms with E-state index in [-0.39, 0.29) is 29.8 Å². The SMILES string of the molecule is CNC(=O)CN(C)c1cccc(N(CC(C)C)C(=O)c2ccccc2F)c1. The second-order valence-corrected chi connectivity index (χ2v) is 6.84. The lowest BCUT2D eigenvalue weighted by molar-refractivity contribution is -0.119. The molecular weight excluding hydrogens is 345 g/mol. The third kappa shape index (κ3) is 5.29. The lowest BCUT2D eigenvalue weighted by atomic mass is 10.1. The Bertz CT molecular complexity index is 808. The zero-order valence-electron chi connectivity index (χ0n) is 16.2. The smallest absolute Gasteiger partial charge is 0.261 e. The molecule has 0 aliphatic heterocycles. The van der Waals surface area contributed by atoms with Gasteiger partial charge < -0.3 is 15.1 Å². The van der Waals surface area contributed by atoms with Crippen molar-refractivity contribution in [3.63, 3.8) is 0 Å². The maximum absolute atomic E-state index is 14.1. The van der Waals surface area contributed by atoms with Crippen LogP contribution < -0.4 is 15.1 Å². The Hall–Kier alpha value is -2.89. The van der Waals surface area contributed by atoms with Crippen LogP contribution in [0.4, 0.5) is 15.8 Å². The molecule has 0 bridgehead atoms. The quantitative estimate of drug-likeness (QED) is 0.812. The lowest BCUT2D eigenvalue weighted by Crippen LogP contribution is -2.35. The van der Waals surface area contributed by atoms with Gasteiger partial charge in [-0.1, -0.05) is 32.0 Å². The molecule has 2 aromatic carbocycles. The monoisotopic (exact) mass is 371 g/mol. The van der Waals surface area contributed by atoms with Crippen molar-refractivity contribution >= 4 is 23.2 Å². The number of likely N-dealkylation sites (N-methyl/N-ethyl adjacent to an activating group) is 2. The van der Waals surface area contributed by atoms with Crippen LogP contribution in [0.2, 0.25) is 0 Å². The first kappa shape index (κ1) is 20.4. The van der Waals surface area contributed by atoms with Crippen molar-refractivity contribution in [2.75, 3.05) is 37.0 Å². The molecule has 5 nitrogen and oxygen atoms in total. The third-order valence-electron chi connectivity index (χ3n) is 4.14. The number of carbonyl (C=O) groups is 2. The van der Waals surface area contributed by atoms with Crippen LogP contribution in [0, 0.1) is 11.7 Å². The minimum Gasteiger partial charge on any atom is -0.365 e. The van der Waals surface area contributed by atoms with Gasteiger partial charge in [-0.3, -0.25) is 9.59 Å². The molecule has 0 atom stereocenters. The Morgan fingerprint density at radius 2 is 1.74 bits per heavy atom. The van der Waals surface area contributed by atoms with Crippen molar-refractivity contribution in [3.05, 3.63) is 59.9 Å². The third-order valence-corrected chi connectivity index (χ3v) is 4.14. The maximum Gasteiger partial charge on any atom is 0.261 e. The molecule has 0 aliphatic carbocycles. The molecule has 1 N–H and O–H groups in total. The fourth-order valence-corrected chi connectivity index (χ4v) is 2.73. The van der Waals surface area contributed by atoms with Crippen molar-refractivity contribution < 1.29 is 14.0 Å². The molecule has 0 spiro atoms. The minimum absolute atomic E-state index is 0.0438. The number of hydrogen-bond donors (Lipinski definition) is 1. The summed E-state index contributed by atoms with van der Waals surface area (Å²) in [5.41, 5.74) is 1.51. The second kappa shape index (κ2) is 9.16. The van der Waals surface area contributed by atoms with Crippen LogP contribution in [0.25, 0.3) is 0 Å². The lowest BCUT2D eigenvalue weighted by Gasteiger charge is -2.27. The maximum atomic E-state index is 14.1. The van der Waals surface area contributed by atoms with Gasteiger partial charge in [-0.25, -0.2) is 4.39 Å². The largest absolute Gasteiger partial charge is 0.365 e. The van der Waals surface area contributed by atoms with Gasteiger partial charge in [0.05, 0.1) is 12.1 Å². The fourth-order valence-electron chi connectivity index (χ4n) is 2.73. The number of carbonyl (C=O) groups excluding carboxylic acids is 2. The molecule has 2 rings (SSSR count). The number of nitrogens with zero attached hydrogens (tertiary/aromatic N) is 2. The standard InChI is InChI=1S/C21H26FN3O2/c1-15(2)13-25(21(27)18-10-5-6-11-19(18)22)17-9-7-8-16(12-17)24(4)14-20(26)23-3/h5-12,15H,13-14H2,1-4H3,(H,23,26). The van der Waals surface area contributed by atoms with Crippen molar-refractivity contribution in [1.82, 2.24) is 5.32 Å². The van der Waals surface area contributed by atoms with Crippen LogP contribution >= 0.6 is 0 Å². The highest BCUT2D eigenvalue weighted by Crippen LogP contribution is 2.25. The van der Waals surface area contributed by atoms with E-state index in [4.69, 9.17) is 0 Å². The molecule has 6 heteroatoms. The number of rotatable bonds is 7. The second-order valence-electron chi connectivity index (χ2n) is 6.84. The number of halogens is 1. The van der Waals surface area contributed by atoms with Gasteiger partial charge in [0.15, 0.2) is 0 Å². The minimum atomic E-state index is -0.538. The average molecular weight is 371 g/mol. The summed E-state index contributed by atoms with van der Waals surface area (Å²) in [5.74, 6) is -0.825. The van der Waals surface area contributed by atoms with E-state index in [0.29, 0.717) is 12.2 Å². The van der Waals surface area contributed by atoms with Gasteiger partial charge >= 0.3 is 0 Å². The van der Waals surface area contributed by atoms with Crippen LogP contribution in [-0.2, 0) is 4.79 Å². The molecule has 0 aromatic heterocycles.